The fraction of sp³-hybridized carbons (Fsp3) is 0.562. The van der Waals surface area contributed by atoms with Gasteiger partial charge in [-0.3, -0.25) is 4.79 Å². The molecular weight excluding hydrogens is 490 g/mol. The van der Waals surface area contributed by atoms with Crippen molar-refractivity contribution in [1.82, 2.24) is 5.32 Å². The van der Waals surface area contributed by atoms with E-state index in [1.165, 1.54) is 89.9 Å². The number of rotatable bonds is 19. The van der Waals surface area contributed by atoms with E-state index in [-0.39, 0.29) is 17.7 Å². The summed E-state index contributed by atoms with van der Waals surface area (Å²) in [6.07, 6.45) is 20.9. The summed E-state index contributed by atoms with van der Waals surface area (Å²) >= 11 is 0. The van der Waals surface area contributed by atoms with E-state index in [0.29, 0.717) is 23.6 Å². The molecule has 0 aliphatic rings. The van der Waals surface area contributed by atoms with E-state index in [1.807, 2.05) is 0 Å². The van der Waals surface area contributed by atoms with Crippen molar-refractivity contribution in [3.8, 4) is 17.2 Å². The van der Waals surface area contributed by atoms with Crippen LogP contribution in [0.1, 0.15) is 110 Å². The number of aromatic hydroxyl groups is 1. The van der Waals surface area contributed by atoms with Gasteiger partial charge in [0, 0.05) is 19.2 Å². The third-order valence-electron chi connectivity index (χ3n) is 6.44. The average molecular weight is 542 g/mol. The van der Waals surface area contributed by atoms with Crippen molar-refractivity contribution in [2.75, 3.05) is 12.4 Å². The van der Waals surface area contributed by atoms with Crippen molar-refractivity contribution in [3.05, 3.63) is 48.5 Å². The minimum atomic E-state index is -0.271. The number of hydrogen-bond donors (Lipinski definition) is 4. The molecule has 0 spiro atoms. The predicted molar refractivity (Wildman–Crippen MR) is 161 cm³/mol. The smallest absolute Gasteiger partial charge is 0.318 e. The Morgan fingerprint density at radius 3 is 1.51 bits per heavy atom. The van der Waals surface area contributed by atoms with Crippen molar-refractivity contribution < 1.29 is 19.4 Å². The van der Waals surface area contributed by atoms with Gasteiger partial charge >= 0.3 is 6.03 Å². The normalized spacial score (nSPS) is 10.3. The second kappa shape index (κ2) is 22.7. The quantitative estimate of drug-likeness (QED) is 0.133. The van der Waals surface area contributed by atoms with Gasteiger partial charge in [0.05, 0.1) is 0 Å². The van der Waals surface area contributed by atoms with Crippen LogP contribution in [0.5, 0.6) is 17.2 Å². The van der Waals surface area contributed by atoms with Gasteiger partial charge in [0.25, 0.3) is 0 Å². The summed E-state index contributed by atoms with van der Waals surface area (Å²) in [5, 5.41) is 14.3. The van der Waals surface area contributed by atoms with Gasteiger partial charge in [-0.25, -0.2) is 4.79 Å². The number of phenolic OH excluding ortho intramolecular Hbond substituents is 1. The van der Waals surface area contributed by atoms with Crippen LogP contribution in [0, 0.1) is 0 Å². The van der Waals surface area contributed by atoms with Crippen molar-refractivity contribution >= 4 is 17.6 Å². The van der Waals surface area contributed by atoms with Crippen LogP contribution in [-0.4, -0.2) is 24.1 Å². The van der Waals surface area contributed by atoms with Crippen molar-refractivity contribution in [2.24, 2.45) is 5.73 Å². The van der Waals surface area contributed by atoms with Gasteiger partial charge in [-0.15, -0.1) is 0 Å². The van der Waals surface area contributed by atoms with E-state index < -0.39 is 0 Å². The van der Waals surface area contributed by atoms with E-state index in [0.717, 1.165) is 6.42 Å². The number of ether oxygens (including phenoxy) is 1. The lowest BCUT2D eigenvalue weighted by molar-refractivity contribution is -0.118. The fourth-order valence-corrected chi connectivity index (χ4v) is 4.12. The Balaban J connectivity index is 0.000000390. The molecule has 0 bridgehead atoms. The lowest BCUT2D eigenvalue weighted by Crippen LogP contribution is -2.24. The zero-order valence-electron chi connectivity index (χ0n) is 24.2. The van der Waals surface area contributed by atoms with Crippen molar-refractivity contribution in [1.29, 1.82) is 0 Å². The van der Waals surface area contributed by atoms with Gasteiger partial charge < -0.3 is 26.2 Å². The minimum absolute atomic E-state index is 0.153. The summed E-state index contributed by atoms with van der Waals surface area (Å²) in [5.74, 6) is 1.31. The Hall–Kier alpha value is -3.22. The SMILES string of the molecule is CCCCCCCCCCCCCCCCCC(N)=O.CNC(=O)Nc1ccc(Oc2ccc(O)cc2)cc1. The van der Waals surface area contributed by atoms with E-state index in [2.05, 4.69) is 17.6 Å². The molecule has 5 N–H and O–H groups in total. The number of nitrogens with two attached hydrogens (primary N) is 1. The molecule has 0 heterocycles. The van der Waals surface area contributed by atoms with Gasteiger partial charge in [0.2, 0.25) is 5.91 Å². The molecular formula is C32H51N3O4. The highest BCUT2D eigenvalue weighted by Gasteiger charge is 2.01. The third kappa shape index (κ3) is 19.5. The van der Waals surface area contributed by atoms with Crippen LogP contribution < -0.4 is 21.1 Å². The molecule has 0 aliphatic heterocycles. The lowest BCUT2D eigenvalue weighted by atomic mass is 10.0. The van der Waals surface area contributed by atoms with Crippen LogP contribution in [0.4, 0.5) is 10.5 Å². The maximum Gasteiger partial charge on any atom is 0.318 e. The first-order chi connectivity index (χ1) is 18.9. The van der Waals surface area contributed by atoms with E-state index in [9.17, 15) is 9.59 Å². The zero-order valence-corrected chi connectivity index (χ0v) is 24.2. The van der Waals surface area contributed by atoms with Crippen molar-refractivity contribution in [2.45, 2.75) is 110 Å². The molecule has 2 aromatic rings. The number of carbonyl (C=O) groups excluding carboxylic acids is 2. The standard InChI is InChI=1S/C18H37NO.C14H14N2O3/c1-2-3-4-5-6-7-8-9-10-11-12-13-14-15-16-17-18(19)20;1-15-14(18)16-10-2-6-12(7-3-10)19-13-8-4-11(17)5-9-13/h2-17H2,1H3,(H2,19,20);2-9,17H,1H3,(H2,15,16,18). The van der Waals surface area contributed by atoms with Gasteiger partial charge in [-0.2, -0.15) is 0 Å². The van der Waals surface area contributed by atoms with Gasteiger partial charge in [-0.1, -0.05) is 96.8 Å². The number of amides is 3. The average Bonchev–Trinajstić information content (AvgIpc) is 2.93. The molecule has 3 amide bonds. The van der Waals surface area contributed by atoms with Crippen LogP contribution in [0.3, 0.4) is 0 Å². The summed E-state index contributed by atoms with van der Waals surface area (Å²) < 4.78 is 5.58. The minimum Gasteiger partial charge on any atom is -0.508 e. The predicted octanol–water partition coefficient (Wildman–Crippen LogP) is 8.67. The Morgan fingerprint density at radius 1 is 0.692 bits per heavy atom. The summed E-state index contributed by atoms with van der Waals surface area (Å²) in [4.78, 5) is 21.7. The second-order valence-electron chi connectivity index (χ2n) is 9.99. The van der Waals surface area contributed by atoms with E-state index >= 15 is 0 Å². The first kappa shape index (κ1) is 33.8. The summed E-state index contributed by atoms with van der Waals surface area (Å²) in [6, 6.07) is 13.2. The molecule has 7 nitrogen and oxygen atoms in total. The molecule has 2 aromatic carbocycles. The van der Waals surface area contributed by atoms with Crippen LogP contribution in [0.15, 0.2) is 48.5 Å². The summed E-state index contributed by atoms with van der Waals surface area (Å²) in [7, 11) is 1.55. The zero-order chi connectivity index (χ0) is 28.6. The lowest BCUT2D eigenvalue weighted by Gasteiger charge is -2.07. The third-order valence-corrected chi connectivity index (χ3v) is 6.44. The van der Waals surface area contributed by atoms with Crippen LogP contribution in [-0.2, 0) is 4.79 Å². The molecule has 0 saturated heterocycles. The molecule has 0 saturated carbocycles. The Morgan fingerprint density at radius 2 is 1.10 bits per heavy atom. The molecule has 0 unspecified atom stereocenters. The van der Waals surface area contributed by atoms with Crippen LogP contribution >= 0.6 is 0 Å². The number of carbonyl (C=O) groups is 2. The van der Waals surface area contributed by atoms with Crippen LogP contribution in [0.25, 0.3) is 0 Å². The number of primary amides is 1. The van der Waals surface area contributed by atoms with Crippen molar-refractivity contribution in [3.63, 3.8) is 0 Å². The monoisotopic (exact) mass is 541 g/mol. The Kier molecular flexibility index (Phi) is 19.7. The maximum atomic E-state index is 11.1. The van der Waals surface area contributed by atoms with Gasteiger partial charge in [0.15, 0.2) is 0 Å². The Labute approximate surface area is 235 Å². The number of phenols is 1. The van der Waals surface area contributed by atoms with E-state index in [1.54, 1.807) is 55.6 Å². The van der Waals surface area contributed by atoms with Crippen LogP contribution in [0.2, 0.25) is 0 Å². The molecule has 0 aliphatic carbocycles. The second-order valence-corrected chi connectivity index (χ2v) is 9.99. The highest BCUT2D eigenvalue weighted by atomic mass is 16.5. The number of unbranched alkanes of at least 4 members (excludes halogenated alkanes) is 14. The molecule has 2 rings (SSSR count). The largest absolute Gasteiger partial charge is 0.508 e. The molecule has 218 valence electrons. The maximum absolute atomic E-state index is 11.1. The summed E-state index contributed by atoms with van der Waals surface area (Å²) in [6.45, 7) is 2.28. The molecule has 7 heteroatoms. The Bertz CT molecular complexity index is 885. The molecule has 0 aromatic heterocycles. The van der Waals surface area contributed by atoms with Gasteiger partial charge in [0.1, 0.15) is 17.2 Å². The number of hydrogen-bond acceptors (Lipinski definition) is 4. The number of nitrogens with one attached hydrogen (secondary N) is 2. The number of urea groups is 1. The topological polar surface area (TPSA) is 114 Å². The van der Waals surface area contributed by atoms with E-state index in [4.69, 9.17) is 15.6 Å². The molecule has 0 atom stereocenters. The van der Waals surface area contributed by atoms with Gasteiger partial charge in [-0.05, 0) is 55.0 Å². The first-order valence-electron chi connectivity index (χ1n) is 14.8. The highest BCUT2D eigenvalue weighted by molar-refractivity contribution is 5.89. The number of benzene rings is 2. The number of anilines is 1. The summed E-state index contributed by atoms with van der Waals surface area (Å²) in [5.41, 5.74) is 5.79. The first-order valence-corrected chi connectivity index (χ1v) is 14.8. The molecule has 0 fully saturated rings. The molecule has 39 heavy (non-hydrogen) atoms. The highest BCUT2D eigenvalue weighted by Crippen LogP contribution is 2.24. The fourth-order valence-electron chi connectivity index (χ4n) is 4.12. The molecule has 0 radical (unpaired) electrons.